The Bertz CT molecular complexity index is 1030. The maximum absolute atomic E-state index is 15.5. The predicted molar refractivity (Wildman–Crippen MR) is 115 cm³/mol. The first-order valence-corrected chi connectivity index (χ1v) is 11.7. The third-order valence-corrected chi connectivity index (χ3v) is 6.42. The molecule has 3 rings (SSSR count). The van der Waals surface area contributed by atoms with Gasteiger partial charge in [-0.25, -0.2) is 9.18 Å². The Balaban J connectivity index is 1.90. The lowest BCUT2D eigenvalue weighted by molar-refractivity contribution is -0.155. The number of carbonyl (C=O) groups is 1. The molecule has 1 unspecified atom stereocenters. The fourth-order valence-electron chi connectivity index (χ4n) is 3.23. The van der Waals surface area contributed by atoms with Crippen molar-refractivity contribution in [1.82, 2.24) is 0 Å². The Morgan fingerprint density at radius 1 is 1.06 bits per heavy atom. The minimum absolute atomic E-state index is 0.0831. The number of halogens is 2. The minimum atomic E-state index is -4.36. The largest absolute Gasteiger partial charge is 0.459 e. The highest BCUT2D eigenvalue weighted by Gasteiger charge is 2.47. The number of esters is 1. The lowest BCUT2D eigenvalue weighted by Crippen LogP contribution is -2.41. The van der Waals surface area contributed by atoms with E-state index >= 15 is 4.39 Å². The molecule has 2 aromatic carbocycles. The van der Waals surface area contributed by atoms with Crippen LogP contribution in [0.1, 0.15) is 43.2 Å². The van der Waals surface area contributed by atoms with Gasteiger partial charge in [0, 0.05) is 5.56 Å². The summed E-state index contributed by atoms with van der Waals surface area (Å²) in [5, 5.41) is 0.237. The van der Waals surface area contributed by atoms with Gasteiger partial charge in [0.15, 0.2) is 5.71 Å². The van der Waals surface area contributed by atoms with Crippen LogP contribution < -0.4 is 0 Å². The van der Waals surface area contributed by atoms with Crippen LogP contribution in [-0.2, 0) is 23.9 Å². The molecule has 0 amide bonds. The van der Waals surface area contributed by atoms with Crippen LogP contribution in [0.25, 0.3) is 0 Å². The molecule has 1 saturated carbocycles. The summed E-state index contributed by atoms with van der Waals surface area (Å²) in [4.78, 5) is 12.4. The van der Waals surface area contributed by atoms with E-state index in [4.69, 9.17) is 20.6 Å². The monoisotopic (exact) mass is 467 g/mol. The zero-order valence-electron chi connectivity index (χ0n) is 17.0. The summed E-state index contributed by atoms with van der Waals surface area (Å²) < 4.78 is 50.5. The van der Waals surface area contributed by atoms with Gasteiger partial charge in [0.25, 0.3) is 0 Å². The van der Waals surface area contributed by atoms with Crippen molar-refractivity contribution in [3.05, 3.63) is 65.7 Å². The first kappa shape index (κ1) is 23.2. The van der Waals surface area contributed by atoms with Gasteiger partial charge < -0.3 is 4.74 Å². The molecule has 1 aliphatic rings. The van der Waals surface area contributed by atoms with Gasteiger partial charge in [0.1, 0.15) is 11.0 Å². The number of alkyl halides is 2. The molecule has 0 aliphatic heterocycles. The summed E-state index contributed by atoms with van der Waals surface area (Å²) in [6, 6.07) is 13.5. The number of hydrogen-bond acceptors (Lipinski definition) is 6. The number of oxime groups is 1. The average molecular weight is 468 g/mol. The van der Waals surface area contributed by atoms with E-state index in [-0.39, 0.29) is 10.5 Å². The van der Waals surface area contributed by atoms with Crippen molar-refractivity contribution in [3.8, 4) is 0 Å². The quantitative estimate of drug-likeness (QED) is 0.251. The molecule has 0 heterocycles. The molecule has 0 saturated heterocycles. The molecule has 0 radical (unpaired) electrons. The normalized spacial score (nSPS) is 17.6. The Morgan fingerprint density at radius 3 is 2.29 bits per heavy atom. The summed E-state index contributed by atoms with van der Waals surface area (Å²) in [6.45, 7) is 1.80. The van der Waals surface area contributed by atoms with E-state index in [1.54, 1.807) is 37.3 Å². The van der Waals surface area contributed by atoms with Gasteiger partial charge in [-0.2, -0.15) is 8.42 Å². The number of nitrogens with zero attached hydrogens (tertiary/aromatic N) is 1. The fraction of sp³-hybridized carbons (Fsp3) is 0.364. The lowest BCUT2D eigenvalue weighted by atomic mass is 9.97. The molecule has 1 aliphatic carbocycles. The highest BCUT2D eigenvalue weighted by Crippen LogP contribution is 2.30. The smallest absolute Gasteiger partial charge is 0.366 e. The van der Waals surface area contributed by atoms with Crippen molar-refractivity contribution >= 4 is 33.4 Å². The first-order valence-electron chi connectivity index (χ1n) is 9.93. The van der Waals surface area contributed by atoms with E-state index in [1.165, 1.54) is 24.3 Å². The van der Waals surface area contributed by atoms with E-state index < -0.39 is 33.0 Å². The summed E-state index contributed by atoms with van der Waals surface area (Å²) in [5.41, 5.74) is 0.229. The van der Waals surface area contributed by atoms with Gasteiger partial charge in [-0.3, -0.25) is 4.28 Å². The Hall–Kier alpha value is -2.45. The van der Waals surface area contributed by atoms with E-state index in [9.17, 15) is 13.2 Å². The van der Waals surface area contributed by atoms with Crippen LogP contribution in [0.5, 0.6) is 0 Å². The molecule has 9 heteroatoms. The van der Waals surface area contributed by atoms with Crippen molar-refractivity contribution in [2.24, 2.45) is 5.16 Å². The fourth-order valence-corrected chi connectivity index (χ4v) is 4.14. The molecule has 1 fully saturated rings. The Kier molecular flexibility index (Phi) is 7.33. The Morgan fingerprint density at radius 2 is 1.68 bits per heavy atom. The van der Waals surface area contributed by atoms with Crippen LogP contribution in [0.2, 0.25) is 0 Å². The maximum atomic E-state index is 15.5. The number of rotatable bonds is 7. The third-order valence-electron chi connectivity index (χ3n) is 4.96. The maximum Gasteiger partial charge on any atom is 0.366 e. The second kappa shape index (κ2) is 9.78. The van der Waals surface area contributed by atoms with Crippen LogP contribution in [-0.4, -0.2) is 31.3 Å². The number of ether oxygens (including phenoxy) is 1. The SMILES string of the molecule is Cc1ccc(S(=O)(=O)ON=C(c2ccccc2)C(F)(Cl)C(=O)OC2CCCCC2)cc1. The number of aryl methyl sites for hydroxylation is 1. The average Bonchev–Trinajstić information content (AvgIpc) is 2.75. The summed E-state index contributed by atoms with van der Waals surface area (Å²) >= 11 is 5.96. The molecule has 6 nitrogen and oxygen atoms in total. The zero-order valence-corrected chi connectivity index (χ0v) is 18.5. The summed E-state index contributed by atoms with van der Waals surface area (Å²) in [7, 11) is -4.36. The van der Waals surface area contributed by atoms with Crippen LogP contribution in [0.4, 0.5) is 4.39 Å². The lowest BCUT2D eigenvalue weighted by Gasteiger charge is -2.25. The molecule has 31 heavy (non-hydrogen) atoms. The van der Waals surface area contributed by atoms with Crippen LogP contribution >= 0.6 is 11.6 Å². The van der Waals surface area contributed by atoms with Crippen LogP contribution in [0.3, 0.4) is 0 Å². The summed E-state index contributed by atoms with van der Waals surface area (Å²) in [6.07, 6.45) is 3.57. The molecule has 2 aromatic rings. The number of hydrogen-bond donors (Lipinski definition) is 0. The van der Waals surface area contributed by atoms with E-state index in [0.29, 0.717) is 12.8 Å². The van der Waals surface area contributed by atoms with Crippen molar-refractivity contribution in [2.45, 2.75) is 55.2 Å². The van der Waals surface area contributed by atoms with Gasteiger partial charge >= 0.3 is 21.2 Å². The molecular weight excluding hydrogens is 445 g/mol. The minimum Gasteiger partial charge on any atom is -0.459 e. The molecular formula is C22H23ClFNO5S. The van der Waals surface area contributed by atoms with Gasteiger partial charge in [-0.15, -0.1) is 0 Å². The van der Waals surface area contributed by atoms with Crippen molar-refractivity contribution in [2.75, 3.05) is 0 Å². The standard InChI is InChI=1S/C22H23ClFNO5S/c1-16-12-14-19(15-13-16)31(27,28)30-25-20(17-8-4-2-5-9-17)22(23,24)21(26)29-18-10-6-3-7-11-18/h2,4-5,8-9,12-15,18H,3,6-7,10-11H2,1H3. The number of carbonyl (C=O) groups excluding carboxylic acids is 1. The van der Waals surface area contributed by atoms with Gasteiger partial charge in [-0.1, -0.05) is 71.2 Å². The van der Waals surface area contributed by atoms with Crippen molar-refractivity contribution in [1.29, 1.82) is 0 Å². The molecule has 0 bridgehead atoms. The molecule has 166 valence electrons. The number of benzene rings is 2. The molecule has 1 atom stereocenters. The molecule has 0 spiro atoms. The van der Waals surface area contributed by atoms with Crippen LogP contribution in [0.15, 0.2) is 64.6 Å². The van der Waals surface area contributed by atoms with Crippen LogP contribution in [0, 0.1) is 6.92 Å². The van der Waals surface area contributed by atoms with Crippen molar-refractivity contribution in [3.63, 3.8) is 0 Å². The second-order valence-corrected chi connectivity index (χ2v) is 9.44. The molecule has 0 N–H and O–H groups in total. The zero-order chi connectivity index (χ0) is 22.5. The van der Waals surface area contributed by atoms with Crippen molar-refractivity contribution < 1.29 is 26.6 Å². The topological polar surface area (TPSA) is 82.0 Å². The summed E-state index contributed by atoms with van der Waals surface area (Å²) in [5.74, 6) is -1.35. The second-order valence-electron chi connectivity index (χ2n) is 7.39. The Labute approximate surface area is 186 Å². The molecule has 0 aromatic heterocycles. The van der Waals surface area contributed by atoms with Gasteiger partial charge in [-0.05, 0) is 44.7 Å². The van der Waals surface area contributed by atoms with E-state index in [1.807, 2.05) is 0 Å². The first-order chi connectivity index (χ1) is 14.7. The van der Waals surface area contributed by atoms with Gasteiger partial charge in [0.05, 0.1) is 0 Å². The predicted octanol–water partition coefficient (Wildman–Crippen LogP) is 4.89. The third kappa shape index (κ3) is 5.83. The highest BCUT2D eigenvalue weighted by molar-refractivity contribution is 7.86. The highest BCUT2D eigenvalue weighted by atomic mass is 35.5. The van der Waals surface area contributed by atoms with Gasteiger partial charge in [0.2, 0.25) is 0 Å². The van der Waals surface area contributed by atoms with E-state index in [2.05, 4.69) is 5.16 Å². The van der Waals surface area contributed by atoms with E-state index in [0.717, 1.165) is 24.8 Å².